The lowest BCUT2D eigenvalue weighted by atomic mass is 10.1. The molecule has 1 saturated heterocycles. The Morgan fingerprint density at radius 3 is 2.73 bits per heavy atom. The van der Waals surface area contributed by atoms with Crippen LogP contribution >= 0.6 is 0 Å². The zero-order chi connectivity index (χ0) is 18.1. The largest absolute Gasteiger partial charge is 0.365 e. The molecule has 136 valence electrons. The van der Waals surface area contributed by atoms with E-state index in [1.807, 2.05) is 6.92 Å². The number of anilines is 1. The van der Waals surface area contributed by atoms with E-state index < -0.39 is 10.0 Å². The Hall–Kier alpha value is -2.45. The molecule has 0 unspecified atom stereocenters. The minimum absolute atomic E-state index is 0.241. The van der Waals surface area contributed by atoms with Gasteiger partial charge in [0.25, 0.3) is 10.0 Å². The van der Waals surface area contributed by atoms with Gasteiger partial charge in [0.1, 0.15) is 12.1 Å². The van der Waals surface area contributed by atoms with Crippen molar-refractivity contribution in [3.8, 4) is 0 Å². The summed E-state index contributed by atoms with van der Waals surface area (Å²) in [7, 11) is -3.70. The first-order valence-corrected chi connectivity index (χ1v) is 10.1. The smallest absolute Gasteiger partial charge is 0.269 e. The fourth-order valence-electron chi connectivity index (χ4n) is 3.23. The van der Waals surface area contributed by atoms with E-state index in [0.717, 1.165) is 31.5 Å². The lowest BCUT2D eigenvalue weighted by Crippen LogP contribution is -2.38. The third-order valence-electron chi connectivity index (χ3n) is 4.66. The number of piperidine rings is 1. The van der Waals surface area contributed by atoms with E-state index in [1.54, 1.807) is 36.5 Å². The number of hydrogen-bond acceptors (Lipinski definition) is 6. The summed E-state index contributed by atoms with van der Waals surface area (Å²) >= 11 is 0. The van der Waals surface area contributed by atoms with Crippen molar-refractivity contribution in [2.75, 3.05) is 18.4 Å². The molecule has 1 atom stereocenters. The molecular formula is C18H21N5O2S. The first-order chi connectivity index (χ1) is 12.6. The van der Waals surface area contributed by atoms with E-state index in [9.17, 15) is 8.42 Å². The predicted octanol–water partition coefficient (Wildman–Crippen LogP) is 2.14. The van der Waals surface area contributed by atoms with Crippen molar-refractivity contribution in [1.82, 2.24) is 19.3 Å². The number of benzene rings is 1. The number of rotatable bonds is 4. The monoisotopic (exact) mass is 371 g/mol. The number of aryl methyl sites for hydroxylation is 1. The van der Waals surface area contributed by atoms with Gasteiger partial charge in [0.2, 0.25) is 0 Å². The van der Waals surface area contributed by atoms with Crippen molar-refractivity contribution in [2.24, 2.45) is 0 Å². The second-order valence-electron chi connectivity index (χ2n) is 6.58. The summed E-state index contributed by atoms with van der Waals surface area (Å²) in [5.74, 6) is 0.668. The number of nitrogens with zero attached hydrogens (tertiary/aromatic N) is 3. The standard InChI is InChI=1S/C18H21N5O2S/c1-13-4-6-15(7-5-13)26(24,25)23-10-8-16-17(20-12-21-18(16)23)22-14-3-2-9-19-11-14/h4-8,10,12,14,19H,2-3,9,11H2,1H3,(H,20,21,22)/t14-/m0/s1. The Labute approximate surface area is 152 Å². The molecule has 2 aromatic heterocycles. The van der Waals surface area contributed by atoms with E-state index in [1.165, 1.54) is 10.3 Å². The molecule has 26 heavy (non-hydrogen) atoms. The van der Waals surface area contributed by atoms with Gasteiger partial charge in [-0.05, 0) is 44.5 Å². The van der Waals surface area contributed by atoms with Crippen molar-refractivity contribution < 1.29 is 8.42 Å². The van der Waals surface area contributed by atoms with E-state index >= 15 is 0 Å². The molecule has 3 aromatic rings. The zero-order valence-corrected chi connectivity index (χ0v) is 15.3. The minimum Gasteiger partial charge on any atom is -0.365 e. The SMILES string of the molecule is Cc1ccc(S(=O)(=O)n2ccc3c(N[C@H]4CCCNC4)ncnc32)cc1. The van der Waals surface area contributed by atoms with Crippen LogP contribution in [-0.2, 0) is 10.0 Å². The molecule has 1 aromatic carbocycles. The fourth-order valence-corrected chi connectivity index (χ4v) is 4.53. The Morgan fingerprint density at radius 2 is 2.00 bits per heavy atom. The van der Waals surface area contributed by atoms with Crippen LogP contribution in [0.4, 0.5) is 5.82 Å². The molecule has 1 aliphatic rings. The summed E-state index contributed by atoms with van der Waals surface area (Å²) in [5, 5.41) is 7.47. The molecule has 8 heteroatoms. The molecule has 0 amide bonds. The number of aromatic nitrogens is 3. The van der Waals surface area contributed by atoms with Crippen LogP contribution in [0.1, 0.15) is 18.4 Å². The van der Waals surface area contributed by atoms with Gasteiger partial charge in [-0.3, -0.25) is 0 Å². The molecule has 0 radical (unpaired) electrons. The van der Waals surface area contributed by atoms with Crippen molar-refractivity contribution in [2.45, 2.75) is 30.7 Å². The first kappa shape index (κ1) is 17.0. The average molecular weight is 371 g/mol. The summed E-state index contributed by atoms with van der Waals surface area (Å²) in [6.07, 6.45) is 5.11. The van der Waals surface area contributed by atoms with E-state index in [0.29, 0.717) is 16.9 Å². The average Bonchev–Trinajstić information content (AvgIpc) is 3.09. The molecule has 0 bridgehead atoms. The topological polar surface area (TPSA) is 88.9 Å². The van der Waals surface area contributed by atoms with E-state index in [4.69, 9.17) is 0 Å². The normalized spacial score (nSPS) is 18.1. The van der Waals surface area contributed by atoms with Gasteiger partial charge in [-0.2, -0.15) is 0 Å². The van der Waals surface area contributed by atoms with Crippen LogP contribution < -0.4 is 10.6 Å². The second-order valence-corrected chi connectivity index (χ2v) is 8.39. The van der Waals surface area contributed by atoms with Crippen LogP contribution in [0, 0.1) is 6.92 Å². The molecule has 0 saturated carbocycles. The Morgan fingerprint density at radius 1 is 1.19 bits per heavy atom. The summed E-state index contributed by atoms with van der Waals surface area (Å²) in [5.41, 5.74) is 1.39. The van der Waals surface area contributed by atoms with Crippen LogP contribution in [0.25, 0.3) is 11.0 Å². The van der Waals surface area contributed by atoms with Crippen LogP contribution in [0.3, 0.4) is 0 Å². The molecule has 1 fully saturated rings. The van der Waals surface area contributed by atoms with Crippen molar-refractivity contribution in [3.05, 3.63) is 48.4 Å². The van der Waals surface area contributed by atoms with Crippen LogP contribution in [0.2, 0.25) is 0 Å². The summed E-state index contributed by atoms with van der Waals surface area (Å²) in [6.45, 7) is 3.82. The number of nitrogens with one attached hydrogen (secondary N) is 2. The summed E-state index contributed by atoms with van der Waals surface area (Å²) < 4.78 is 27.2. The Kier molecular flexibility index (Phi) is 4.37. The lowest BCUT2D eigenvalue weighted by Gasteiger charge is -2.24. The van der Waals surface area contributed by atoms with Gasteiger partial charge in [-0.1, -0.05) is 17.7 Å². The maximum atomic E-state index is 13.0. The highest BCUT2D eigenvalue weighted by atomic mass is 32.2. The predicted molar refractivity (Wildman–Crippen MR) is 101 cm³/mol. The zero-order valence-electron chi connectivity index (χ0n) is 14.5. The van der Waals surface area contributed by atoms with Gasteiger partial charge in [0.05, 0.1) is 10.3 Å². The highest BCUT2D eigenvalue weighted by Crippen LogP contribution is 2.25. The molecular weight excluding hydrogens is 350 g/mol. The Bertz CT molecular complexity index is 1020. The Balaban J connectivity index is 1.73. The van der Waals surface area contributed by atoms with E-state index in [-0.39, 0.29) is 10.9 Å². The van der Waals surface area contributed by atoms with Crippen LogP contribution in [-0.4, -0.2) is 41.5 Å². The summed E-state index contributed by atoms with van der Waals surface area (Å²) in [4.78, 5) is 8.78. The van der Waals surface area contributed by atoms with Crippen LogP contribution in [0.5, 0.6) is 0 Å². The molecule has 7 nitrogen and oxygen atoms in total. The molecule has 2 N–H and O–H groups in total. The highest BCUT2D eigenvalue weighted by molar-refractivity contribution is 7.90. The number of hydrogen-bond donors (Lipinski definition) is 2. The first-order valence-electron chi connectivity index (χ1n) is 8.67. The molecule has 4 rings (SSSR count). The number of fused-ring (bicyclic) bond motifs is 1. The molecule has 3 heterocycles. The van der Waals surface area contributed by atoms with Gasteiger partial charge >= 0.3 is 0 Å². The van der Waals surface area contributed by atoms with Gasteiger partial charge in [-0.25, -0.2) is 22.4 Å². The van der Waals surface area contributed by atoms with Crippen molar-refractivity contribution >= 4 is 26.9 Å². The third-order valence-corrected chi connectivity index (χ3v) is 6.34. The van der Waals surface area contributed by atoms with Gasteiger partial charge in [0.15, 0.2) is 5.65 Å². The van der Waals surface area contributed by atoms with Crippen molar-refractivity contribution in [1.29, 1.82) is 0 Å². The second kappa shape index (κ2) is 6.69. The summed E-state index contributed by atoms with van der Waals surface area (Å²) in [6, 6.07) is 8.83. The van der Waals surface area contributed by atoms with Crippen LogP contribution in [0.15, 0.2) is 47.8 Å². The van der Waals surface area contributed by atoms with Gasteiger partial charge in [0, 0.05) is 18.8 Å². The van der Waals surface area contributed by atoms with Gasteiger partial charge in [-0.15, -0.1) is 0 Å². The molecule has 0 spiro atoms. The molecule has 1 aliphatic heterocycles. The highest BCUT2D eigenvalue weighted by Gasteiger charge is 2.22. The van der Waals surface area contributed by atoms with Crippen molar-refractivity contribution in [3.63, 3.8) is 0 Å². The third kappa shape index (κ3) is 3.06. The maximum Gasteiger partial charge on any atom is 0.269 e. The van der Waals surface area contributed by atoms with Gasteiger partial charge < -0.3 is 10.6 Å². The van der Waals surface area contributed by atoms with E-state index in [2.05, 4.69) is 20.6 Å². The maximum absolute atomic E-state index is 13.0. The fraction of sp³-hybridized carbons (Fsp3) is 0.333. The quantitative estimate of drug-likeness (QED) is 0.730. The molecule has 0 aliphatic carbocycles. The lowest BCUT2D eigenvalue weighted by molar-refractivity contribution is 0.479. The minimum atomic E-state index is -3.70.